The minimum absolute atomic E-state index is 0.232. The van der Waals surface area contributed by atoms with Crippen molar-refractivity contribution >= 4 is 23.2 Å². The fourth-order valence-electron chi connectivity index (χ4n) is 1.78. The van der Waals surface area contributed by atoms with Crippen LogP contribution in [0.4, 0.5) is 0 Å². The maximum absolute atomic E-state index is 12.1. The fourth-order valence-corrected chi connectivity index (χ4v) is 2.37. The Morgan fingerprint density at radius 1 is 1.30 bits per heavy atom. The third kappa shape index (κ3) is 2.70. The molecule has 0 aliphatic rings. The molecule has 1 unspecified atom stereocenters. The van der Waals surface area contributed by atoms with E-state index in [-0.39, 0.29) is 5.69 Å². The van der Waals surface area contributed by atoms with Crippen LogP contribution in [0.15, 0.2) is 35.7 Å². The van der Waals surface area contributed by atoms with Gasteiger partial charge in [-0.25, -0.2) is 9.78 Å². The van der Waals surface area contributed by atoms with E-state index in [9.17, 15) is 14.7 Å². The molecule has 5 nitrogen and oxygen atoms in total. The van der Waals surface area contributed by atoms with Crippen LogP contribution in [0.2, 0.25) is 0 Å². The zero-order chi connectivity index (χ0) is 14.8. The maximum Gasteiger partial charge on any atom is 0.333 e. The van der Waals surface area contributed by atoms with Gasteiger partial charge in [-0.3, -0.25) is 4.79 Å². The van der Waals surface area contributed by atoms with Gasteiger partial charge < -0.3 is 10.4 Å². The lowest BCUT2D eigenvalue weighted by atomic mass is 9.92. The molecule has 2 aromatic rings. The largest absolute Gasteiger partial charge is 0.479 e. The molecule has 6 heteroatoms. The number of aryl methyl sites for hydroxylation is 1. The molecule has 1 aromatic heterocycles. The second kappa shape index (κ2) is 5.42. The van der Waals surface area contributed by atoms with Gasteiger partial charge in [0.2, 0.25) is 0 Å². The Bertz CT molecular complexity index is 639. The van der Waals surface area contributed by atoms with Crippen molar-refractivity contribution in [2.45, 2.75) is 19.4 Å². The molecule has 0 saturated carbocycles. The summed E-state index contributed by atoms with van der Waals surface area (Å²) >= 11 is 1.34. The van der Waals surface area contributed by atoms with Crippen molar-refractivity contribution in [3.63, 3.8) is 0 Å². The first-order valence-electron chi connectivity index (χ1n) is 5.97. The lowest BCUT2D eigenvalue weighted by Crippen LogP contribution is -2.49. The zero-order valence-corrected chi connectivity index (χ0v) is 11.9. The summed E-state index contributed by atoms with van der Waals surface area (Å²) in [6.07, 6.45) is 0. The number of carbonyl (C=O) groups is 2. The molecule has 1 atom stereocenters. The van der Waals surface area contributed by atoms with E-state index in [1.807, 2.05) is 0 Å². The standard InChI is InChI=1S/C14H14N2O3S/c1-9-15-11(8-20-9)12(17)16-14(2,13(18)19)10-6-4-3-5-7-10/h3-8H,1-2H3,(H,16,17)(H,18,19). The van der Waals surface area contributed by atoms with Crippen LogP contribution in [0.5, 0.6) is 0 Å². The first-order chi connectivity index (χ1) is 9.43. The number of aromatic nitrogens is 1. The number of benzene rings is 1. The van der Waals surface area contributed by atoms with Gasteiger partial charge >= 0.3 is 5.97 Å². The Morgan fingerprint density at radius 2 is 1.95 bits per heavy atom. The molecule has 104 valence electrons. The molecule has 0 radical (unpaired) electrons. The van der Waals surface area contributed by atoms with E-state index in [1.54, 1.807) is 42.6 Å². The third-order valence-corrected chi connectivity index (χ3v) is 3.77. The van der Waals surface area contributed by atoms with E-state index < -0.39 is 17.4 Å². The summed E-state index contributed by atoms with van der Waals surface area (Å²) in [5, 5.41) is 14.4. The van der Waals surface area contributed by atoms with E-state index in [1.165, 1.54) is 18.3 Å². The van der Waals surface area contributed by atoms with Crippen LogP contribution < -0.4 is 5.32 Å². The van der Waals surface area contributed by atoms with Crippen molar-refractivity contribution in [3.8, 4) is 0 Å². The van der Waals surface area contributed by atoms with E-state index in [2.05, 4.69) is 10.3 Å². The van der Waals surface area contributed by atoms with Crippen LogP contribution in [0.1, 0.15) is 28.0 Å². The molecule has 0 aliphatic carbocycles. The quantitative estimate of drug-likeness (QED) is 0.904. The van der Waals surface area contributed by atoms with E-state index in [0.717, 1.165) is 5.01 Å². The van der Waals surface area contributed by atoms with Gasteiger partial charge in [-0.15, -0.1) is 11.3 Å². The number of nitrogens with one attached hydrogen (secondary N) is 1. The summed E-state index contributed by atoms with van der Waals surface area (Å²) in [4.78, 5) is 27.7. The first-order valence-corrected chi connectivity index (χ1v) is 6.85. The minimum Gasteiger partial charge on any atom is -0.479 e. The van der Waals surface area contributed by atoms with Gasteiger partial charge in [0, 0.05) is 5.38 Å². The number of carboxylic acid groups (broad SMARTS) is 1. The van der Waals surface area contributed by atoms with Crippen molar-refractivity contribution in [2.75, 3.05) is 0 Å². The molecule has 1 heterocycles. The Labute approximate surface area is 120 Å². The Morgan fingerprint density at radius 3 is 2.45 bits per heavy atom. The predicted molar refractivity (Wildman–Crippen MR) is 75.7 cm³/mol. The van der Waals surface area contributed by atoms with Crippen molar-refractivity contribution in [2.24, 2.45) is 0 Å². The zero-order valence-electron chi connectivity index (χ0n) is 11.1. The van der Waals surface area contributed by atoms with Gasteiger partial charge in [0.15, 0.2) is 5.54 Å². The number of carboxylic acids is 1. The summed E-state index contributed by atoms with van der Waals surface area (Å²) in [7, 11) is 0. The highest BCUT2D eigenvalue weighted by atomic mass is 32.1. The summed E-state index contributed by atoms with van der Waals surface area (Å²) in [6.45, 7) is 3.25. The molecule has 0 saturated heterocycles. The lowest BCUT2D eigenvalue weighted by molar-refractivity contribution is -0.144. The normalized spacial score (nSPS) is 13.5. The highest BCUT2D eigenvalue weighted by Crippen LogP contribution is 2.22. The van der Waals surface area contributed by atoms with Gasteiger partial charge in [0.25, 0.3) is 5.91 Å². The number of carbonyl (C=O) groups excluding carboxylic acids is 1. The topological polar surface area (TPSA) is 79.3 Å². The number of thiazole rings is 1. The van der Waals surface area contributed by atoms with Crippen LogP contribution in [-0.4, -0.2) is 22.0 Å². The smallest absolute Gasteiger partial charge is 0.333 e. The fraction of sp³-hybridized carbons (Fsp3) is 0.214. The van der Waals surface area contributed by atoms with Gasteiger partial charge in [-0.1, -0.05) is 30.3 Å². The number of hydrogen-bond acceptors (Lipinski definition) is 4. The van der Waals surface area contributed by atoms with Crippen LogP contribution in [0.25, 0.3) is 0 Å². The monoisotopic (exact) mass is 290 g/mol. The van der Waals surface area contributed by atoms with Crippen molar-refractivity contribution in [1.29, 1.82) is 0 Å². The van der Waals surface area contributed by atoms with E-state index >= 15 is 0 Å². The Hall–Kier alpha value is -2.21. The number of amides is 1. The molecule has 0 aliphatic heterocycles. The van der Waals surface area contributed by atoms with Gasteiger partial charge in [0.05, 0.1) is 5.01 Å². The van der Waals surface area contributed by atoms with Crippen LogP contribution in [0, 0.1) is 6.92 Å². The third-order valence-electron chi connectivity index (χ3n) is 2.99. The number of hydrogen-bond donors (Lipinski definition) is 2. The Kier molecular flexibility index (Phi) is 3.85. The molecule has 0 spiro atoms. The van der Waals surface area contributed by atoms with E-state index in [4.69, 9.17) is 0 Å². The summed E-state index contributed by atoms with van der Waals surface area (Å²) < 4.78 is 0. The highest BCUT2D eigenvalue weighted by molar-refractivity contribution is 7.09. The average molecular weight is 290 g/mol. The second-order valence-electron chi connectivity index (χ2n) is 4.50. The summed E-state index contributed by atoms with van der Waals surface area (Å²) in [5.41, 5.74) is -0.751. The SMILES string of the molecule is Cc1nc(C(=O)NC(C)(C(=O)O)c2ccccc2)cs1. The molecule has 1 amide bonds. The molecular formula is C14H14N2O3S. The number of aliphatic carboxylic acids is 1. The molecule has 2 N–H and O–H groups in total. The average Bonchev–Trinajstić information content (AvgIpc) is 2.86. The first kappa shape index (κ1) is 14.2. The van der Waals surface area contributed by atoms with Gasteiger partial charge in [-0.2, -0.15) is 0 Å². The van der Waals surface area contributed by atoms with Crippen LogP contribution in [0.3, 0.4) is 0 Å². The minimum atomic E-state index is -1.49. The van der Waals surface area contributed by atoms with Gasteiger partial charge in [-0.05, 0) is 19.4 Å². The Balaban J connectivity index is 2.31. The molecule has 0 fully saturated rings. The van der Waals surface area contributed by atoms with Crippen LogP contribution >= 0.6 is 11.3 Å². The van der Waals surface area contributed by atoms with Gasteiger partial charge in [0.1, 0.15) is 5.69 Å². The number of rotatable bonds is 4. The second-order valence-corrected chi connectivity index (χ2v) is 5.56. The van der Waals surface area contributed by atoms with Crippen LogP contribution in [-0.2, 0) is 10.3 Å². The molecule has 1 aromatic carbocycles. The van der Waals surface area contributed by atoms with Crippen molar-refractivity contribution in [3.05, 3.63) is 52.0 Å². The molecule has 2 rings (SSSR count). The maximum atomic E-state index is 12.1. The highest BCUT2D eigenvalue weighted by Gasteiger charge is 2.37. The van der Waals surface area contributed by atoms with Crippen molar-refractivity contribution < 1.29 is 14.7 Å². The molecule has 0 bridgehead atoms. The number of nitrogens with zero attached hydrogens (tertiary/aromatic N) is 1. The molecular weight excluding hydrogens is 276 g/mol. The van der Waals surface area contributed by atoms with E-state index in [0.29, 0.717) is 5.56 Å². The summed E-state index contributed by atoms with van der Waals surface area (Å²) in [5.74, 6) is -1.62. The molecule has 20 heavy (non-hydrogen) atoms. The predicted octanol–water partition coefficient (Wildman–Crippen LogP) is 2.18. The summed E-state index contributed by atoms with van der Waals surface area (Å²) in [6, 6.07) is 8.59. The van der Waals surface area contributed by atoms with Crippen molar-refractivity contribution in [1.82, 2.24) is 10.3 Å². The lowest BCUT2D eigenvalue weighted by Gasteiger charge is -2.26.